The number of nitriles is 1. The van der Waals surface area contributed by atoms with E-state index in [4.69, 9.17) is 14.7 Å². The third-order valence-electron chi connectivity index (χ3n) is 2.06. The quantitative estimate of drug-likeness (QED) is 0.401. The van der Waals surface area contributed by atoms with Crippen LogP contribution in [0.5, 0.6) is 0 Å². The molecule has 1 heterocycles. The summed E-state index contributed by atoms with van der Waals surface area (Å²) in [5.41, 5.74) is -0.0294. The summed E-state index contributed by atoms with van der Waals surface area (Å²) in [6.07, 6.45) is 3.01. The van der Waals surface area contributed by atoms with Gasteiger partial charge in [-0.05, 0) is 19.1 Å². The summed E-state index contributed by atoms with van der Waals surface area (Å²) in [6, 6.07) is 1.79. The first kappa shape index (κ1) is 12.1. The Morgan fingerprint density at radius 2 is 2.50 bits per heavy atom. The van der Waals surface area contributed by atoms with Crippen molar-refractivity contribution in [3.8, 4) is 6.07 Å². The molecule has 5 nitrogen and oxygen atoms in total. The number of nitrogens with zero attached hydrogens (tertiary/aromatic N) is 2. The SMILES string of the molecule is CCOC(=O)C(C#N)=CC=C1OCCN1C. The van der Waals surface area contributed by atoms with E-state index in [1.165, 1.54) is 6.08 Å². The van der Waals surface area contributed by atoms with Gasteiger partial charge >= 0.3 is 5.97 Å². The number of carbonyl (C=O) groups is 1. The minimum Gasteiger partial charge on any atom is -0.477 e. The molecular formula is C11H14N2O3. The predicted octanol–water partition coefficient (Wildman–Crippen LogP) is 0.803. The van der Waals surface area contributed by atoms with Gasteiger partial charge in [0.05, 0.1) is 13.2 Å². The molecule has 16 heavy (non-hydrogen) atoms. The zero-order valence-electron chi connectivity index (χ0n) is 9.40. The summed E-state index contributed by atoms with van der Waals surface area (Å²) in [5.74, 6) is 0.0412. The summed E-state index contributed by atoms with van der Waals surface area (Å²) < 4.78 is 10.0. The van der Waals surface area contributed by atoms with Crippen LogP contribution in [0.1, 0.15) is 6.92 Å². The number of rotatable bonds is 3. The summed E-state index contributed by atoms with van der Waals surface area (Å²) in [6.45, 7) is 3.38. The van der Waals surface area contributed by atoms with Crippen molar-refractivity contribution in [3.63, 3.8) is 0 Å². The third kappa shape index (κ3) is 3.02. The second kappa shape index (κ2) is 5.81. The molecule has 0 radical (unpaired) electrons. The van der Waals surface area contributed by atoms with Crippen LogP contribution in [0.2, 0.25) is 0 Å². The molecular weight excluding hydrogens is 208 g/mol. The van der Waals surface area contributed by atoms with Crippen molar-refractivity contribution in [3.05, 3.63) is 23.6 Å². The van der Waals surface area contributed by atoms with Gasteiger partial charge in [0.1, 0.15) is 18.2 Å². The van der Waals surface area contributed by atoms with E-state index in [9.17, 15) is 4.79 Å². The van der Waals surface area contributed by atoms with Crippen LogP contribution in [-0.2, 0) is 14.3 Å². The van der Waals surface area contributed by atoms with E-state index in [0.717, 1.165) is 6.54 Å². The van der Waals surface area contributed by atoms with Crippen LogP contribution < -0.4 is 0 Å². The number of hydrogen-bond acceptors (Lipinski definition) is 5. The third-order valence-corrected chi connectivity index (χ3v) is 2.06. The fourth-order valence-electron chi connectivity index (χ4n) is 1.20. The van der Waals surface area contributed by atoms with E-state index in [2.05, 4.69) is 0 Å². The minimum atomic E-state index is -0.609. The van der Waals surface area contributed by atoms with Crippen molar-refractivity contribution >= 4 is 5.97 Å². The second-order valence-corrected chi connectivity index (χ2v) is 3.19. The van der Waals surface area contributed by atoms with Crippen molar-refractivity contribution in [2.45, 2.75) is 6.92 Å². The lowest BCUT2D eigenvalue weighted by molar-refractivity contribution is -0.138. The standard InChI is InChI=1S/C11H14N2O3/c1-3-15-11(14)9(8-12)4-5-10-13(2)6-7-16-10/h4-5H,3,6-7H2,1-2H3. The number of allylic oxidation sites excluding steroid dienone is 2. The maximum atomic E-state index is 11.3. The maximum Gasteiger partial charge on any atom is 0.348 e. The van der Waals surface area contributed by atoms with Crippen LogP contribution in [0.3, 0.4) is 0 Å². The van der Waals surface area contributed by atoms with Gasteiger partial charge in [0.25, 0.3) is 0 Å². The van der Waals surface area contributed by atoms with Crippen LogP contribution in [0.15, 0.2) is 23.6 Å². The van der Waals surface area contributed by atoms with Crippen molar-refractivity contribution in [1.82, 2.24) is 4.90 Å². The van der Waals surface area contributed by atoms with E-state index in [1.807, 2.05) is 11.9 Å². The molecule has 5 heteroatoms. The first-order chi connectivity index (χ1) is 7.69. The van der Waals surface area contributed by atoms with Crippen molar-refractivity contribution in [2.75, 3.05) is 26.8 Å². The predicted molar refractivity (Wildman–Crippen MR) is 57.0 cm³/mol. The highest BCUT2D eigenvalue weighted by Gasteiger charge is 2.13. The molecule has 1 fully saturated rings. The highest BCUT2D eigenvalue weighted by Crippen LogP contribution is 2.11. The van der Waals surface area contributed by atoms with Crippen molar-refractivity contribution in [1.29, 1.82) is 5.26 Å². The topological polar surface area (TPSA) is 62.6 Å². The maximum absolute atomic E-state index is 11.3. The highest BCUT2D eigenvalue weighted by molar-refractivity contribution is 5.93. The minimum absolute atomic E-state index is 0.0294. The number of carbonyl (C=O) groups excluding carboxylic acids is 1. The van der Waals surface area contributed by atoms with Gasteiger partial charge in [0, 0.05) is 7.05 Å². The van der Waals surface area contributed by atoms with Crippen LogP contribution >= 0.6 is 0 Å². The molecule has 0 amide bonds. The van der Waals surface area contributed by atoms with E-state index in [1.54, 1.807) is 19.1 Å². The molecule has 0 aromatic carbocycles. The van der Waals surface area contributed by atoms with Crippen LogP contribution in [0, 0.1) is 11.3 Å². The summed E-state index contributed by atoms with van der Waals surface area (Å²) in [5, 5.41) is 8.76. The van der Waals surface area contributed by atoms with Gasteiger partial charge in [0.2, 0.25) is 0 Å². The van der Waals surface area contributed by atoms with Crippen molar-refractivity contribution < 1.29 is 14.3 Å². The molecule has 0 spiro atoms. The molecule has 1 saturated heterocycles. The molecule has 1 rings (SSSR count). The number of esters is 1. The van der Waals surface area contributed by atoms with Crippen molar-refractivity contribution in [2.24, 2.45) is 0 Å². The summed E-state index contributed by atoms with van der Waals surface area (Å²) in [7, 11) is 1.88. The molecule has 0 bridgehead atoms. The zero-order valence-corrected chi connectivity index (χ0v) is 9.40. The van der Waals surface area contributed by atoms with Gasteiger partial charge in [0.15, 0.2) is 5.88 Å². The fourth-order valence-corrected chi connectivity index (χ4v) is 1.20. The smallest absolute Gasteiger partial charge is 0.348 e. The molecule has 1 aliphatic rings. The van der Waals surface area contributed by atoms with E-state index < -0.39 is 5.97 Å². The van der Waals surface area contributed by atoms with Gasteiger partial charge in [-0.25, -0.2) is 4.79 Å². The zero-order chi connectivity index (χ0) is 12.0. The largest absolute Gasteiger partial charge is 0.477 e. The van der Waals surface area contributed by atoms with E-state index in [-0.39, 0.29) is 12.2 Å². The Labute approximate surface area is 94.5 Å². The average Bonchev–Trinajstić information content (AvgIpc) is 2.66. The molecule has 0 unspecified atom stereocenters. The highest BCUT2D eigenvalue weighted by atomic mass is 16.5. The Balaban J connectivity index is 2.74. The molecule has 0 atom stereocenters. The second-order valence-electron chi connectivity index (χ2n) is 3.19. The van der Waals surface area contributed by atoms with Gasteiger partial charge in [-0.3, -0.25) is 0 Å². The van der Waals surface area contributed by atoms with Gasteiger partial charge in [-0.1, -0.05) is 0 Å². The Bertz CT molecular complexity index is 366. The summed E-state index contributed by atoms with van der Waals surface area (Å²) >= 11 is 0. The fraction of sp³-hybridized carbons (Fsp3) is 0.455. The average molecular weight is 222 g/mol. The lowest BCUT2D eigenvalue weighted by Gasteiger charge is -2.07. The lowest BCUT2D eigenvalue weighted by atomic mass is 10.2. The van der Waals surface area contributed by atoms with Gasteiger partial charge in [-0.15, -0.1) is 0 Å². The Hall–Kier alpha value is -1.96. The molecule has 0 aromatic rings. The number of ether oxygens (including phenoxy) is 2. The number of likely N-dealkylation sites (N-methyl/N-ethyl adjacent to an activating group) is 1. The normalized spacial score (nSPS) is 18.2. The van der Waals surface area contributed by atoms with Crippen LogP contribution in [-0.4, -0.2) is 37.7 Å². The molecule has 0 aliphatic carbocycles. The summed E-state index contributed by atoms with van der Waals surface area (Å²) in [4.78, 5) is 13.2. The van der Waals surface area contributed by atoms with Gasteiger partial charge in [-0.2, -0.15) is 5.26 Å². The molecule has 1 aliphatic heterocycles. The molecule has 86 valence electrons. The number of hydrogen-bond donors (Lipinski definition) is 0. The van der Waals surface area contributed by atoms with Crippen LogP contribution in [0.4, 0.5) is 0 Å². The molecule has 0 N–H and O–H groups in total. The lowest BCUT2D eigenvalue weighted by Crippen LogP contribution is -2.11. The van der Waals surface area contributed by atoms with Crippen LogP contribution in [0.25, 0.3) is 0 Å². The first-order valence-corrected chi connectivity index (χ1v) is 5.02. The monoisotopic (exact) mass is 222 g/mol. The Morgan fingerprint density at radius 1 is 1.75 bits per heavy atom. The Kier molecular flexibility index (Phi) is 4.40. The Morgan fingerprint density at radius 3 is 3.00 bits per heavy atom. The molecule has 0 saturated carbocycles. The van der Waals surface area contributed by atoms with E-state index in [0.29, 0.717) is 12.5 Å². The van der Waals surface area contributed by atoms with Gasteiger partial charge < -0.3 is 14.4 Å². The molecule has 0 aromatic heterocycles. The first-order valence-electron chi connectivity index (χ1n) is 5.02. The van der Waals surface area contributed by atoms with E-state index >= 15 is 0 Å².